The van der Waals surface area contributed by atoms with Crippen molar-refractivity contribution in [1.29, 1.82) is 0 Å². The first kappa shape index (κ1) is 28.8. The lowest BCUT2D eigenvalue weighted by Crippen LogP contribution is -2.12. The van der Waals surface area contributed by atoms with Crippen molar-refractivity contribution in [2.45, 2.75) is 0 Å². The van der Waals surface area contributed by atoms with Gasteiger partial charge in [0.1, 0.15) is 0 Å². The van der Waals surface area contributed by atoms with Crippen molar-refractivity contribution in [2.75, 3.05) is 4.90 Å². The number of para-hydroxylation sites is 1. The number of rotatable bonds is 6. The van der Waals surface area contributed by atoms with Gasteiger partial charge in [0.05, 0.1) is 5.69 Å². The Morgan fingerprint density at radius 2 is 0.796 bits per heavy atom. The second-order valence-corrected chi connectivity index (χ2v) is 12.5. The maximum Gasteiger partial charge on any atom is 0.0625 e. The van der Waals surface area contributed by atoms with Crippen LogP contribution in [-0.4, -0.2) is 0 Å². The summed E-state index contributed by atoms with van der Waals surface area (Å²) < 4.78 is 0. The first-order valence-corrected chi connectivity index (χ1v) is 16.9. The normalized spacial score (nSPS) is 11.3. The average Bonchev–Trinajstić information content (AvgIpc) is 3.19. The van der Waals surface area contributed by atoms with Gasteiger partial charge in [-0.15, -0.1) is 0 Å². The summed E-state index contributed by atoms with van der Waals surface area (Å²) in [6, 6.07) is 72.5. The topological polar surface area (TPSA) is 3.24 Å². The first-order valence-electron chi connectivity index (χ1n) is 16.9. The van der Waals surface area contributed by atoms with Crippen LogP contribution in [0.5, 0.6) is 0 Å². The Labute approximate surface area is 287 Å². The van der Waals surface area contributed by atoms with Gasteiger partial charge in [-0.1, -0.05) is 176 Å². The SMILES string of the molecule is c1ccc(-c2ccc(N(c3ccccc3)c3c(-c4cccc5ccccc45)c4ccccc4c4ccccc34)cc2-c2ccccc2)cc1. The van der Waals surface area contributed by atoms with Crippen molar-refractivity contribution in [3.05, 3.63) is 200 Å². The third kappa shape index (κ3) is 5.04. The van der Waals surface area contributed by atoms with Gasteiger partial charge < -0.3 is 4.90 Å². The Balaban J connectivity index is 1.43. The van der Waals surface area contributed by atoms with Gasteiger partial charge in [-0.25, -0.2) is 0 Å². The van der Waals surface area contributed by atoms with Crippen LogP contribution in [0.15, 0.2) is 200 Å². The van der Waals surface area contributed by atoms with E-state index in [0.717, 1.165) is 11.4 Å². The summed E-state index contributed by atoms with van der Waals surface area (Å²) in [5, 5.41) is 7.40. The van der Waals surface area contributed by atoms with Crippen LogP contribution in [0.2, 0.25) is 0 Å². The molecule has 0 atom stereocenters. The van der Waals surface area contributed by atoms with Crippen molar-refractivity contribution in [3.63, 3.8) is 0 Å². The Morgan fingerprint density at radius 3 is 1.49 bits per heavy atom. The molecular formula is C48H33N. The number of nitrogens with zero attached hydrogens (tertiary/aromatic N) is 1. The van der Waals surface area contributed by atoms with Crippen LogP contribution in [-0.2, 0) is 0 Å². The van der Waals surface area contributed by atoms with Crippen LogP contribution in [0.3, 0.4) is 0 Å². The van der Waals surface area contributed by atoms with Crippen molar-refractivity contribution in [1.82, 2.24) is 0 Å². The van der Waals surface area contributed by atoms with Crippen LogP contribution in [0.25, 0.3) is 65.7 Å². The maximum atomic E-state index is 2.48. The van der Waals surface area contributed by atoms with Gasteiger partial charge in [0, 0.05) is 22.3 Å². The Morgan fingerprint density at radius 1 is 0.286 bits per heavy atom. The summed E-state index contributed by atoms with van der Waals surface area (Å²) in [6.45, 7) is 0. The molecule has 0 N–H and O–H groups in total. The standard InChI is InChI=1S/C48H33N/c1-4-17-34(18-5-1)40-32-31-38(33-46(40)36-19-6-2-7-20-36)49(37-23-8-3-9-24-37)48-45-29-15-13-27-42(45)41-26-12-14-28-44(41)47(48)43-30-16-22-35-21-10-11-25-39(35)43/h1-33H. The van der Waals surface area contributed by atoms with E-state index in [1.165, 1.54) is 71.4 Å². The van der Waals surface area contributed by atoms with Crippen molar-refractivity contribution in [2.24, 2.45) is 0 Å². The molecule has 0 saturated heterocycles. The third-order valence-corrected chi connectivity index (χ3v) is 9.63. The van der Waals surface area contributed by atoms with Crippen LogP contribution in [0, 0.1) is 0 Å². The van der Waals surface area contributed by atoms with Gasteiger partial charge in [0.2, 0.25) is 0 Å². The van der Waals surface area contributed by atoms with E-state index in [2.05, 4.69) is 205 Å². The fourth-order valence-electron chi connectivity index (χ4n) is 7.45. The van der Waals surface area contributed by atoms with E-state index in [1.807, 2.05) is 0 Å². The molecule has 9 aromatic carbocycles. The molecule has 0 spiro atoms. The molecule has 0 amide bonds. The van der Waals surface area contributed by atoms with Crippen molar-refractivity contribution in [3.8, 4) is 33.4 Å². The van der Waals surface area contributed by atoms with Crippen LogP contribution in [0.1, 0.15) is 0 Å². The highest BCUT2D eigenvalue weighted by Crippen LogP contribution is 2.51. The van der Waals surface area contributed by atoms with Gasteiger partial charge in [0.15, 0.2) is 0 Å². The number of benzene rings is 9. The molecule has 9 aromatic rings. The monoisotopic (exact) mass is 623 g/mol. The summed E-state index contributed by atoms with van der Waals surface area (Å²) in [5.41, 5.74) is 10.6. The zero-order valence-corrected chi connectivity index (χ0v) is 27.0. The van der Waals surface area contributed by atoms with E-state index < -0.39 is 0 Å². The van der Waals surface area contributed by atoms with Gasteiger partial charge in [-0.05, 0) is 79.0 Å². The molecule has 0 saturated carbocycles. The molecule has 230 valence electrons. The Hall–Kier alpha value is -6.44. The van der Waals surface area contributed by atoms with Crippen molar-refractivity contribution >= 4 is 49.4 Å². The van der Waals surface area contributed by atoms with E-state index in [4.69, 9.17) is 0 Å². The molecule has 0 aromatic heterocycles. The molecule has 0 fully saturated rings. The van der Waals surface area contributed by atoms with Gasteiger partial charge in [0.25, 0.3) is 0 Å². The second kappa shape index (κ2) is 12.3. The summed E-state index contributed by atoms with van der Waals surface area (Å²) in [5.74, 6) is 0. The highest BCUT2D eigenvalue weighted by molar-refractivity contribution is 6.24. The molecular weight excluding hydrogens is 591 g/mol. The Bertz CT molecular complexity index is 2580. The van der Waals surface area contributed by atoms with Gasteiger partial charge in [-0.3, -0.25) is 0 Å². The highest BCUT2D eigenvalue weighted by atomic mass is 15.1. The molecule has 49 heavy (non-hydrogen) atoms. The van der Waals surface area contributed by atoms with Crippen LogP contribution >= 0.6 is 0 Å². The molecule has 0 aliphatic rings. The minimum absolute atomic E-state index is 1.10. The fraction of sp³-hybridized carbons (Fsp3) is 0. The minimum Gasteiger partial charge on any atom is -0.309 e. The van der Waals surface area contributed by atoms with E-state index in [9.17, 15) is 0 Å². The number of anilines is 3. The van der Waals surface area contributed by atoms with Crippen molar-refractivity contribution < 1.29 is 0 Å². The molecule has 0 aliphatic carbocycles. The summed E-state index contributed by atoms with van der Waals surface area (Å²) in [4.78, 5) is 2.48. The smallest absolute Gasteiger partial charge is 0.0625 e. The molecule has 0 aliphatic heterocycles. The van der Waals surface area contributed by atoms with Gasteiger partial charge in [-0.2, -0.15) is 0 Å². The predicted molar refractivity (Wildman–Crippen MR) is 210 cm³/mol. The molecule has 0 heterocycles. The average molecular weight is 624 g/mol. The van der Waals surface area contributed by atoms with E-state index in [0.29, 0.717) is 0 Å². The zero-order valence-electron chi connectivity index (χ0n) is 27.0. The third-order valence-electron chi connectivity index (χ3n) is 9.63. The molecule has 9 rings (SSSR count). The van der Waals surface area contributed by atoms with Gasteiger partial charge >= 0.3 is 0 Å². The molecule has 0 bridgehead atoms. The lowest BCUT2D eigenvalue weighted by Gasteiger charge is -2.31. The number of hydrogen-bond acceptors (Lipinski definition) is 1. The van der Waals surface area contributed by atoms with E-state index in [1.54, 1.807) is 0 Å². The molecule has 0 unspecified atom stereocenters. The maximum absolute atomic E-state index is 2.48. The van der Waals surface area contributed by atoms with E-state index >= 15 is 0 Å². The highest BCUT2D eigenvalue weighted by Gasteiger charge is 2.25. The second-order valence-electron chi connectivity index (χ2n) is 12.5. The largest absolute Gasteiger partial charge is 0.309 e. The molecule has 0 radical (unpaired) electrons. The number of hydrogen-bond donors (Lipinski definition) is 0. The zero-order chi connectivity index (χ0) is 32.6. The fourth-order valence-corrected chi connectivity index (χ4v) is 7.45. The lowest BCUT2D eigenvalue weighted by atomic mass is 9.87. The summed E-state index contributed by atoms with van der Waals surface area (Å²) in [6.07, 6.45) is 0. The Kier molecular flexibility index (Phi) is 7.22. The van der Waals surface area contributed by atoms with Crippen LogP contribution in [0.4, 0.5) is 17.1 Å². The quantitative estimate of drug-likeness (QED) is 0.167. The molecule has 1 heteroatoms. The minimum atomic E-state index is 1.10. The van der Waals surface area contributed by atoms with E-state index in [-0.39, 0.29) is 0 Å². The molecule has 1 nitrogen and oxygen atoms in total. The summed E-state index contributed by atoms with van der Waals surface area (Å²) >= 11 is 0. The predicted octanol–water partition coefficient (Wildman–Crippen LogP) is 13.6. The van der Waals surface area contributed by atoms with Crippen LogP contribution < -0.4 is 4.90 Å². The summed E-state index contributed by atoms with van der Waals surface area (Å²) in [7, 11) is 0. The number of fused-ring (bicyclic) bond motifs is 4. The lowest BCUT2D eigenvalue weighted by molar-refractivity contribution is 1.30. The first-order chi connectivity index (χ1) is 24.3.